The molecule has 0 aliphatic carbocycles. The van der Waals surface area contributed by atoms with Crippen molar-refractivity contribution in [3.63, 3.8) is 0 Å². The maximum Gasteiger partial charge on any atom is 0.262 e. The molecule has 0 spiro atoms. The monoisotopic (exact) mass is 511 g/mol. The van der Waals surface area contributed by atoms with Crippen molar-refractivity contribution in [1.82, 2.24) is 14.7 Å². The fraction of sp³-hybridized carbons (Fsp3) is 0.133. The number of hydrogen-bond acceptors (Lipinski definition) is 4. The molecular weight excluding hydrogens is 489 g/mol. The maximum absolute atomic E-state index is 14.5. The zero-order chi connectivity index (χ0) is 25.9. The van der Waals surface area contributed by atoms with Crippen LogP contribution in [-0.2, 0) is 5.41 Å². The molecule has 2 aromatic heterocycles. The third-order valence-corrected chi connectivity index (χ3v) is 6.94. The highest BCUT2D eigenvalue weighted by Crippen LogP contribution is 2.42. The van der Waals surface area contributed by atoms with E-state index >= 15 is 0 Å². The molecule has 5 nitrogen and oxygen atoms in total. The highest BCUT2D eigenvalue weighted by atomic mass is 35.5. The van der Waals surface area contributed by atoms with Crippen LogP contribution in [0.25, 0.3) is 50.3 Å². The van der Waals surface area contributed by atoms with Gasteiger partial charge in [0.05, 0.1) is 32.9 Å². The first kappa shape index (κ1) is 23.3. The molecule has 37 heavy (non-hydrogen) atoms. The minimum Gasteiger partial charge on any atom is -0.505 e. The van der Waals surface area contributed by atoms with E-state index in [2.05, 4.69) is 43.0 Å². The molecule has 1 N–H and O–H groups in total. The number of nitrogens with zero attached hydrogens (tertiary/aromatic N) is 3. The number of halogens is 2. The van der Waals surface area contributed by atoms with E-state index in [1.165, 1.54) is 12.1 Å². The van der Waals surface area contributed by atoms with Gasteiger partial charge in [0.1, 0.15) is 5.82 Å². The molecule has 184 valence electrons. The summed E-state index contributed by atoms with van der Waals surface area (Å²) in [6.45, 7) is 6.29. The minimum atomic E-state index is -0.568. The summed E-state index contributed by atoms with van der Waals surface area (Å²) in [5.41, 5.74) is 3.63. The second kappa shape index (κ2) is 8.46. The Kier molecular flexibility index (Phi) is 5.31. The van der Waals surface area contributed by atoms with Gasteiger partial charge in [0.25, 0.3) is 5.89 Å². The lowest BCUT2D eigenvalue weighted by Gasteiger charge is -2.22. The Labute approximate surface area is 217 Å². The number of fused-ring (bicyclic) bond motifs is 3. The van der Waals surface area contributed by atoms with Crippen LogP contribution in [0.1, 0.15) is 26.3 Å². The first-order valence-electron chi connectivity index (χ1n) is 11.9. The third-order valence-electron chi connectivity index (χ3n) is 6.62. The van der Waals surface area contributed by atoms with E-state index in [1.54, 1.807) is 6.07 Å². The van der Waals surface area contributed by atoms with Crippen LogP contribution in [0, 0.1) is 5.82 Å². The Morgan fingerprint density at radius 1 is 0.892 bits per heavy atom. The number of phenolic OH excluding ortho intramolecular Hbond substituents is 1. The SMILES string of the molecule is CC(C)(C)c1cc(-c2noc(-c3c(F)cccc3Cl)n2)c(O)c(-n2c3ccccc3c3ccccc32)c1. The first-order valence-corrected chi connectivity index (χ1v) is 12.3. The van der Waals surface area contributed by atoms with E-state index in [4.69, 9.17) is 16.1 Å². The number of benzene rings is 4. The van der Waals surface area contributed by atoms with Crippen molar-refractivity contribution in [2.45, 2.75) is 26.2 Å². The van der Waals surface area contributed by atoms with Crippen LogP contribution in [0.15, 0.2) is 83.4 Å². The van der Waals surface area contributed by atoms with Crippen LogP contribution in [0.4, 0.5) is 4.39 Å². The summed E-state index contributed by atoms with van der Waals surface area (Å²) >= 11 is 6.22. The molecule has 4 aromatic carbocycles. The normalized spacial score (nSPS) is 12.0. The molecule has 0 bridgehead atoms. The highest BCUT2D eigenvalue weighted by molar-refractivity contribution is 6.33. The molecular formula is C30H23ClFN3O2. The van der Waals surface area contributed by atoms with Crippen molar-refractivity contribution < 1.29 is 14.0 Å². The number of aromatic nitrogens is 3. The Bertz CT molecular complexity index is 1740. The lowest BCUT2D eigenvalue weighted by molar-refractivity contribution is 0.428. The van der Waals surface area contributed by atoms with Crippen molar-refractivity contribution >= 4 is 33.4 Å². The van der Waals surface area contributed by atoms with Gasteiger partial charge in [-0.3, -0.25) is 0 Å². The van der Waals surface area contributed by atoms with Gasteiger partial charge >= 0.3 is 0 Å². The van der Waals surface area contributed by atoms with Gasteiger partial charge in [0.15, 0.2) is 5.75 Å². The molecule has 0 unspecified atom stereocenters. The van der Waals surface area contributed by atoms with Crippen molar-refractivity contribution in [3.8, 4) is 34.3 Å². The fourth-order valence-corrected chi connectivity index (χ4v) is 4.96. The van der Waals surface area contributed by atoms with Gasteiger partial charge in [-0.25, -0.2) is 4.39 Å². The second-order valence-electron chi connectivity index (χ2n) is 10.0. The Balaban J connectivity index is 1.63. The van der Waals surface area contributed by atoms with E-state index in [0.29, 0.717) is 11.3 Å². The molecule has 6 rings (SSSR count). The Hall–Kier alpha value is -4.16. The fourth-order valence-electron chi connectivity index (χ4n) is 4.71. The lowest BCUT2D eigenvalue weighted by atomic mass is 9.85. The molecule has 0 saturated carbocycles. The van der Waals surface area contributed by atoms with E-state index in [-0.39, 0.29) is 33.5 Å². The summed E-state index contributed by atoms with van der Waals surface area (Å²) in [5, 5.41) is 18.1. The van der Waals surface area contributed by atoms with Gasteiger partial charge < -0.3 is 14.2 Å². The summed E-state index contributed by atoms with van der Waals surface area (Å²) in [7, 11) is 0. The second-order valence-corrected chi connectivity index (χ2v) is 10.4. The lowest BCUT2D eigenvalue weighted by Crippen LogP contribution is -2.12. The van der Waals surface area contributed by atoms with Gasteiger partial charge in [-0.05, 0) is 47.4 Å². The largest absolute Gasteiger partial charge is 0.505 e. The molecule has 6 aromatic rings. The standard InChI is InChI=1S/C30H23ClFN3O2/c1-30(2,3)17-15-20(28-33-29(37-34-28)26-21(31)11-8-12-22(26)32)27(36)25(16-17)35-23-13-6-4-9-18(23)19-10-5-7-14-24(19)35/h4-16,36H,1-3H3. The molecule has 2 heterocycles. The molecule has 0 atom stereocenters. The molecule has 7 heteroatoms. The van der Waals surface area contributed by atoms with Crippen LogP contribution >= 0.6 is 11.6 Å². The predicted octanol–water partition coefficient (Wildman–Crippen LogP) is 8.30. The highest BCUT2D eigenvalue weighted by Gasteiger charge is 2.25. The van der Waals surface area contributed by atoms with Gasteiger partial charge in [-0.1, -0.05) is 80.0 Å². The van der Waals surface area contributed by atoms with Crippen molar-refractivity contribution in [2.75, 3.05) is 0 Å². The third kappa shape index (κ3) is 3.76. The Morgan fingerprint density at radius 2 is 1.54 bits per heavy atom. The van der Waals surface area contributed by atoms with Crippen molar-refractivity contribution in [1.29, 1.82) is 0 Å². The van der Waals surface area contributed by atoms with Crippen LogP contribution in [0.5, 0.6) is 5.75 Å². The van der Waals surface area contributed by atoms with Gasteiger partial charge in [0.2, 0.25) is 5.82 Å². The molecule has 0 fully saturated rings. The molecule has 0 amide bonds. The van der Waals surface area contributed by atoms with Crippen LogP contribution in [0.2, 0.25) is 5.02 Å². The van der Waals surface area contributed by atoms with E-state index < -0.39 is 5.82 Å². The van der Waals surface area contributed by atoms with Gasteiger partial charge in [0, 0.05) is 10.8 Å². The van der Waals surface area contributed by atoms with Gasteiger partial charge in [-0.2, -0.15) is 4.98 Å². The van der Waals surface area contributed by atoms with Crippen molar-refractivity contribution in [3.05, 3.63) is 95.3 Å². The Morgan fingerprint density at radius 3 is 2.16 bits per heavy atom. The zero-order valence-corrected chi connectivity index (χ0v) is 21.2. The number of rotatable bonds is 3. The van der Waals surface area contributed by atoms with Crippen LogP contribution in [-0.4, -0.2) is 19.8 Å². The van der Waals surface area contributed by atoms with Crippen molar-refractivity contribution in [2.24, 2.45) is 0 Å². The van der Waals surface area contributed by atoms with E-state index in [0.717, 1.165) is 27.4 Å². The first-order chi connectivity index (χ1) is 17.7. The average Bonchev–Trinajstić information content (AvgIpc) is 3.47. The van der Waals surface area contributed by atoms with Crippen LogP contribution < -0.4 is 0 Å². The summed E-state index contributed by atoms with van der Waals surface area (Å²) in [4.78, 5) is 4.43. The molecule has 0 saturated heterocycles. The molecule has 0 radical (unpaired) electrons. The number of para-hydroxylation sites is 2. The van der Waals surface area contributed by atoms with Gasteiger partial charge in [-0.15, -0.1) is 0 Å². The molecule has 0 aliphatic rings. The number of aromatic hydroxyl groups is 1. The number of phenols is 1. The zero-order valence-electron chi connectivity index (χ0n) is 20.5. The van der Waals surface area contributed by atoms with E-state index in [1.807, 2.05) is 53.1 Å². The summed E-state index contributed by atoms with van der Waals surface area (Å²) in [6.07, 6.45) is 0. The maximum atomic E-state index is 14.5. The summed E-state index contributed by atoms with van der Waals surface area (Å²) < 4.78 is 22.0. The average molecular weight is 512 g/mol. The predicted molar refractivity (Wildman–Crippen MR) is 145 cm³/mol. The smallest absolute Gasteiger partial charge is 0.262 e. The summed E-state index contributed by atoms with van der Waals surface area (Å²) in [5.74, 6) is -0.496. The minimum absolute atomic E-state index is 0.00788. The quantitative estimate of drug-likeness (QED) is 0.259. The van der Waals surface area contributed by atoms with Crippen LogP contribution in [0.3, 0.4) is 0 Å². The van der Waals surface area contributed by atoms with E-state index in [9.17, 15) is 9.50 Å². The molecule has 0 aliphatic heterocycles. The topological polar surface area (TPSA) is 64.1 Å². The summed E-state index contributed by atoms with van der Waals surface area (Å²) in [6, 6.07) is 24.4. The number of hydrogen-bond donors (Lipinski definition) is 1.